The molecule has 5 nitrogen and oxygen atoms in total. The van der Waals surface area contributed by atoms with Crippen LogP contribution in [0.1, 0.15) is 12.8 Å². The first-order valence-electron chi connectivity index (χ1n) is 6.67. The number of hydrogen-bond acceptors (Lipinski definition) is 3. The fourth-order valence-corrected chi connectivity index (χ4v) is 2.43. The molecule has 1 aromatic carbocycles. The summed E-state index contributed by atoms with van der Waals surface area (Å²) in [7, 11) is 0. The molecule has 0 saturated carbocycles. The average molecular weight is 258 g/mol. The maximum absolute atomic E-state index is 11.1. The second-order valence-electron chi connectivity index (χ2n) is 4.92. The number of rotatable bonds is 4. The second-order valence-corrected chi connectivity index (χ2v) is 4.92. The SMILES string of the molecule is O=c1cc(-c2ccc(NCC3CCCN3)cc2)[nH][nH]1. The Kier molecular flexibility index (Phi) is 3.37. The molecule has 1 atom stereocenters. The Bertz CT molecular complexity index is 578. The molecule has 2 heterocycles. The van der Waals surface area contributed by atoms with E-state index >= 15 is 0 Å². The highest BCUT2D eigenvalue weighted by molar-refractivity contribution is 5.62. The monoisotopic (exact) mass is 258 g/mol. The van der Waals surface area contributed by atoms with Crippen molar-refractivity contribution in [2.24, 2.45) is 0 Å². The first-order valence-corrected chi connectivity index (χ1v) is 6.67. The summed E-state index contributed by atoms with van der Waals surface area (Å²) >= 11 is 0. The van der Waals surface area contributed by atoms with Gasteiger partial charge in [-0.15, -0.1) is 0 Å². The number of benzene rings is 1. The standard InChI is InChI=1S/C14H18N4O/c19-14-8-13(17-18-14)10-3-5-11(6-4-10)16-9-12-2-1-7-15-12/h3-6,8,12,15-16H,1-2,7,9H2,(H2,17,18,19). The lowest BCUT2D eigenvalue weighted by atomic mass is 10.1. The number of aromatic amines is 2. The molecule has 2 aromatic rings. The molecular formula is C14H18N4O. The maximum Gasteiger partial charge on any atom is 0.264 e. The summed E-state index contributed by atoms with van der Waals surface area (Å²) in [5.74, 6) is 0. The van der Waals surface area contributed by atoms with Gasteiger partial charge in [-0.1, -0.05) is 12.1 Å². The third-order valence-corrected chi connectivity index (χ3v) is 3.51. The topological polar surface area (TPSA) is 72.7 Å². The van der Waals surface area contributed by atoms with Crippen LogP contribution in [0.3, 0.4) is 0 Å². The molecule has 3 rings (SSSR count). The van der Waals surface area contributed by atoms with Crippen molar-refractivity contribution in [1.29, 1.82) is 0 Å². The van der Waals surface area contributed by atoms with E-state index < -0.39 is 0 Å². The van der Waals surface area contributed by atoms with Crippen LogP contribution in [0.4, 0.5) is 5.69 Å². The molecule has 0 radical (unpaired) electrons. The van der Waals surface area contributed by atoms with E-state index in [2.05, 4.69) is 20.8 Å². The lowest BCUT2D eigenvalue weighted by molar-refractivity contribution is 0.633. The fraction of sp³-hybridized carbons (Fsp3) is 0.357. The van der Waals surface area contributed by atoms with Gasteiger partial charge in [-0.25, -0.2) is 0 Å². The number of anilines is 1. The molecule has 1 aromatic heterocycles. The Morgan fingerprint density at radius 2 is 2.05 bits per heavy atom. The van der Waals surface area contributed by atoms with Crippen LogP contribution in [0, 0.1) is 0 Å². The molecule has 100 valence electrons. The Morgan fingerprint density at radius 1 is 1.21 bits per heavy atom. The van der Waals surface area contributed by atoms with Gasteiger partial charge in [0.15, 0.2) is 0 Å². The normalized spacial score (nSPS) is 18.6. The molecule has 4 N–H and O–H groups in total. The molecule has 0 aliphatic carbocycles. The van der Waals surface area contributed by atoms with E-state index in [1.54, 1.807) is 6.07 Å². The lowest BCUT2D eigenvalue weighted by Crippen LogP contribution is -2.29. The van der Waals surface area contributed by atoms with Crippen LogP contribution in [0.2, 0.25) is 0 Å². The second kappa shape index (κ2) is 5.32. The highest BCUT2D eigenvalue weighted by Crippen LogP contribution is 2.18. The van der Waals surface area contributed by atoms with Gasteiger partial charge in [0.05, 0.1) is 5.69 Å². The minimum atomic E-state index is -0.107. The Balaban J connectivity index is 1.63. The van der Waals surface area contributed by atoms with Crippen LogP contribution in [0.5, 0.6) is 0 Å². The average Bonchev–Trinajstić information content (AvgIpc) is 3.08. The minimum absolute atomic E-state index is 0.107. The summed E-state index contributed by atoms with van der Waals surface area (Å²) < 4.78 is 0. The van der Waals surface area contributed by atoms with Crippen molar-refractivity contribution in [1.82, 2.24) is 15.5 Å². The van der Waals surface area contributed by atoms with Crippen molar-refractivity contribution in [3.05, 3.63) is 40.7 Å². The Morgan fingerprint density at radius 3 is 2.68 bits per heavy atom. The summed E-state index contributed by atoms with van der Waals surface area (Å²) in [5, 5.41) is 12.3. The van der Waals surface area contributed by atoms with E-state index in [9.17, 15) is 4.79 Å². The molecule has 19 heavy (non-hydrogen) atoms. The minimum Gasteiger partial charge on any atom is -0.383 e. The van der Waals surface area contributed by atoms with E-state index in [1.807, 2.05) is 24.3 Å². The van der Waals surface area contributed by atoms with Gasteiger partial charge in [0.2, 0.25) is 0 Å². The van der Waals surface area contributed by atoms with Crippen LogP contribution in [0.25, 0.3) is 11.3 Å². The van der Waals surface area contributed by atoms with Gasteiger partial charge in [-0.3, -0.25) is 15.0 Å². The van der Waals surface area contributed by atoms with Gasteiger partial charge < -0.3 is 10.6 Å². The molecule has 0 spiro atoms. The first kappa shape index (κ1) is 12.0. The van der Waals surface area contributed by atoms with Crippen molar-refractivity contribution >= 4 is 5.69 Å². The van der Waals surface area contributed by atoms with Crippen LogP contribution in [0.15, 0.2) is 35.1 Å². The van der Waals surface area contributed by atoms with Gasteiger partial charge in [-0.2, -0.15) is 0 Å². The van der Waals surface area contributed by atoms with E-state index in [0.29, 0.717) is 6.04 Å². The molecule has 1 fully saturated rings. The molecule has 0 bridgehead atoms. The van der Waals surface area contributed by atoms with Gasteiger partial charge in [-0.05, 0) is 37.1 Å². The van der Waals surface area contributed by atoms with Gasteiger partial charge in [0.1, 0.15) is 0 Å². The van der Waals surface area contributed by atoms with Gasteiger partial charge >= 0.3 is 0 Å². The molecule has 1 aliphatic rings. The highest BCUT2D eigenvalue weighted by atomic mass is 16.1. The zero-order valence-electron chi connectivity index (χ0n) is 10.7. The molecule has 5 heteroatoms. The van der Waals surface area contributed by atoms with Crippen molar-refractivity contribution in [3.63, 3.8) is 0 Å². The quantitative estimate of drug-likeness (QED) is 0.672. The molecule has 0 amide bonds. The van der Waals surface area contributed by atoms with E-state index in [1.165, 1.54) is 12.8 Å². The van der Waals surface area contributed by atoms with Gasteiger partial charge in [0.25, 0.3) is 5.56 Å². The number of aromatic nitrogens is 2. The predicted octanol–water partition coefficient (Wildman–Crippen LogP) is 1.53. The number of nitrogens with one attached hydrogen (secondary N) is 4. The smallest absolute Gasteiger partial charge is 0.264 e. The summed E-state index contributed by atoms with van der Waals surface area (Å²) in [6.45, 7) is 2.09. The number of hydrogen-bond donors (Lipinski definition) is 4. The molecule has 1 unspecified atom stereocenters. The molecular weight excluding hydrogens is 240 g/mol. The van der Waals surface area contributed by atoms with Crippen LogP contribution >= 0.6 is 0 Å². The Hall–Kier alpha value is -2.01. The molecule has 1 saturated heterocycles. The number of H-pyrrole nitrogens is 2. The largest absolute Gasteiger partial charge is 0.383 e. The van der Waals surface area contributed by atoms with Crippen molar-refractivity contribution in [3.8, 4) is 11.3 Å². The van der Waals surface area contributed by atoms with Gasteiger partial charge in [0, 0.05) is 24.3 Å². The highest BCUT2D eigenvalue weighted by Gasteiger charge is 2.12. The summed E-state index contributed by atoms with van der Waals surface area (Å²) in [6, 6.07) is 10.2. The van der Waals surface area contributed by atoms with E-state index in [0.717, 1.165) is 30.0 Å². The van der Waals surface area contributed by atoms with E-state index in [4.69, 9.17) is 0 Å². The molecule has 1 aliphatic heterocycles. The van der Waals surface area contributed by atoms with Crippen LogP contribution < -0.4 is 16.2 Å². The van der Waals surface area contributed by atoms with Crippen LogP contribution in [-0.4, -0.2) is 29.3 Å². The third-order valence-electron chi connectivity index (χ3n) is 3.51. The fourth-order valence-electron chi connectivity index (χ4n) is 2.43. The predicted molar refractivity (Wildman–Crippen MR) is 76.4 cm³/mol. The third kappa shape index (κ3) is 2.88. The zero-order valence-corrected chi connectivity index (χ0v) is 10.7. The summed E-state index contributed by atoms with van der Waals surface area (Å²) in [6.07, 6.45) is 2.52. The van der Waals surface area contributed by atoms with Crippen LogP contribution in [-0.2, 0) is 0 Å². The maximum atomic E-state index is 11.1. The summed E-state index contributed by atoms with van der Waals surface area (Å²) in [5.41, 5.74) is 2.82. The Labute approximate surface area is 111 Å². The first-order chi connectivity index (χ1) is 9.31. The van der Waals surface area contributed by atoms with Crippen molar-refractivity contribution < 1.29 is 0 Å². The van der Waals surface area contributed by atoms with E-state index in [-0.39, 0.29) is 5.56 Å². The lowest BCUT2D eigenvalue weighted by Gasteiger charge is -2.12. The van der Waals surface area contributed by atoms with Crippen molar-refractivity contribution in [2.75, 3.05) is 18.4 Å². The summed E-state index contributed by atoms with van der Waals surface area (Å²) in [4.78, 5) is 11.1. The van der Waals surface area contributed by atoms with Crippen molar-refractivity contribution in [2.45, 2.75) is 18.9 Å². The zero-order chi connectivity index (χ0) is 13.1.